The molecule has 2 aromatic carbocycles. The lowest BCUT2D eigenvalue weighted by molar-refractivity contribution is -0.120. The van der Waals surface area contributed by atoms with Crippen molar-refractivity contribution in [1.82, 2.24) is 30.3 Å². The highest BCUT2D eigenvalue weighted by atomic mass is 35.5. The van der Waals surface area contributed by atoms with Crippen LogP contribution in [0.2, 0.25) is 5.02 Å². The second kappa shape index (κ2) is 15.1. The predicted molar refractivity (Wildman–Crippen MR) is 198 cm³/mol. The van der Waals surface area contributed by atoms with Crippen molar-refractivity contribution in [2.45, 2.75) is 64.1 Å². The van der Waals surface area contributed by atoms with Crippen LogP contribution in [0, 0.1) is 11.3 Å². The van der Waals surface area contributed by atoms with E-state index in [-0.39, 0.29) is 54.6 Å². The van der Waals surface area contributed by atoms with Gasteiger partial charge in [-0.3, -0.25) is 24.6 Å². The topological polar surface area (TPSA) is 166 Å². The van der Waals surface area contributed by atoms with Gasteiger partial charge in [-0.1, -0.05) is 11.6 Å². The Hall–Kier alpha value is -5.68. The molecule has 15 heteroatoms. The van der Waals surface area contributed by atoms with E-state index < -0.39 is 6.03 Å². The fourth-order valence-electron chi connectivity index (χ4n) is 7.21. The Morgan fingerprint density at radius 2 is 1.75 bits per heavy atom. The Kier molecular flexibility index (Phi) is 10.2. The number of piperazine rings is 1. The Morgan fingerprint density at radius 3 is 2.42 bits per heavy atom. The molecule has 1 aliphatic carbocycles. The zero-order valence-electron chi connectivity index (χ0n) is 29.5. The Balaban J connectivity index is 0.936. The van der Waals surface area contributed by atoms with Gasteiger partial charge in [-0.25, -0.2) is 4.79 Å². The fraction of sp³-hybridized carbons (Fsp3) is 0.395. The highest BCUT2D eigenvalue weighted by molar-refractivity contribution is 6.31. The summed E-state index contributed by atoms with van der Waals surface area (Å²) in [5.41, 5.74) is 2.55. The number of nitrogens with zero attached hydrogens (tertiary/aromatic N) is 7. The summed E-state index contributed by atoms with van der Waals surface area (Å²) in [7, 11) is 0. The minimum absolute atomic E-state index is 0.00348. The van der Waals surface area contributed by atoms with E-state index in [9.17, 15) is 19.2 Å². The number of ether oxygens (including phenoxy) is 1. The Morgan fingerprint density at radius 1 is 0.981 bits per heavy atom. The molecule has 1 saturated carbocycles. The molecule has 4 aromatic rings. The third kappa shape index (κ3) is 7.61. The molecule has 53 heavy (non-hydrogen) atoms. The highest BCUT2D eigenvalue weighted by Gasteiger charge is 2.30. The van der Waals surface area contributed by atoms with Gasteiger partial charge in [-0.15, -0.1) is 10.2 Å². The molecule has 2 aliphatic heterocycles. The summed E-state index contributed by atoms with van der Waals surface area (Å²) in [6.45, 7) is 6.30. The van der Waals surface area contributed by atoms with Crippen molar-refractivity contribution in [3.8, 4) is 11.8 Å². The largest absolute Gasteiger partial charge is 0.490 e. The molecule has 3 aliphatic rings. The lowest BCUT2D eigenvalue weighted by Gasteiger charge is -2.35. The molecule has 0 unspecified atom stereocenters. The second-order valence-electron chi connectivity index (χ2n) is 13.9. The summed E-state index contributed by atoms with van der Waals surface area (Å²) in [6, 6.07) is 15.7. The zero-order valence-corrected chi connectivity index (χ0v) is 30.3. The summed E-state index contributed by atoms with van der Waals surface area (Å²) in [5, 5.41) is 24.3. The van der Waals surface area contributed by atoms with E-state index in [2.05, 4.69) is 39.2 Å². The summed E-state index contributed by atoms with van der Waals surface area (Å²) >= 11 is 6.14. The molecule has 0 spiro atoms. The molecule has 274 valence electrons. The molecular formula is C38H40ClN9O5. The average Bonchev–Trinajstić information content (AvgIpc) is 3.60. The van der Waals surface area contributed by atoms with Gasteiger partial charge in [-0.2, -0.15) is 5.26 Å². The first kappa shape index (κ1) is 35.7. The van der Waals surface area contributed by atoms with Crippen LogP contribution in [0.1, 0.15) is 78.4 Å². The minimum Gasteiger partial charge on any atom is -0.490 e. The van der Waals surface area contributed by atoms with Crippen molar-refractivity contribution in [3.63, 3.8) is 0 Å². The number of benzene rings is 2. The molecule has 7 rings (SSSR count). The maximum atomic E-state index is 13.9. The van der Waals surface area contributed by atoms with Gasteiger partial charge in [0.05, 0.1) is 27.9 Å². The first-order valence-corrected chi connectivity index (χ1v) is 18.3. The van der Waals surface area contributed by atoms with Gasteiger partial charge >= 0.3 is 6.03 Å². The van der Waals surface area contributed by atoms with Crippen LogP contribution < -0.4 is 25.2 Å². The first-order valence-electron chi connectivity index (χ1n) is 17.9. The van der Waals surface area contributed by atoms with E-state index in [1.165, 1.54) is 4.90 Å². The predicted octanol–water partition coefficient (Wildman–Crippen LogP) is 5.07. The number of nitriles is 1. The van der Waals surface area contributed by atoms with Crippen LogP contribution >= 0.6 is 11.6 Å². The third-order valence-electron chi connectivity index (χ3n) is 10.1. The fourth-order valence-corrected chi connectivity index (χ4v) is 7.42. The van der Waals surface area contributed by atoms with Gasteiger partial charge in [-0.05, 0) is 82.0 Å². The monoisotopic (exact) mass is 737 g/mol. The van der Waals surface area contributed by atoms with Gasteiger partial charge < -0.3 is 24.4 Å². The number of anilines is 2. The van der Waals surface area contributed by atoms with Crippen LogP contribution in [0.25, 0.3) is 10.9 Å². The van der Waals surface area contributed by atoms with Gasteiger partial charge in [0.2, 0.25) is 5.91 Å². The number of aromatic nitrogens is 3. The van der Waals surface area contributed by atoms with E-state index in [4.69, 9.17) is 21.6 Å². The van der Waals surface area contributed by atoms with Crippen LogP contribution in [0.4, 0.5) is 16.3 Å². The number of imide groups is 1. The number of carbonyl (C=O) groups excluding carboxylic acids is 4. The second-order valence-corrected chi connectivity index (χ2v) is 14.3. The van der Waals surface area contributed by atoms with Crippen LogP contribution in [0.5, 0.6) is 5.75 Å². The van der Waals surface area contributed by atoms with E-state index in [0.717, 1.165) is 36.6 Å². The van der Waals surface area contributed by atoms with Gasteiger partial charge in [0.25, 0.3) is 11.8 Å². The molecule has 2 aromatic heterocycles. The van der Waals surface area contributed by atoms with Crippen LogP contribution in [0.3, 0.4) is 0 Å². The number of amides is 5. The lowest BCUT2D eigenvalue weighted by Crippen LogP contribution is -2.50. The molecule has 5 amide bonds. The summed E-state index contributed by atoms with van der Waals surface area (Å²) in [5.74, 6) is 0.507. The zero-order chi connectivity index (χ0) is 37.2. The average molecular weight is 738 g/mol. The quantitative estimate of drug-likeness (QED) is 0.251. The molecule has 14 nitrogen and oxygen atoms in total. The van der Waals surface area contributed by atoms with E-state index in [0.29, 0.717) is 59.6 Å². The van der Waals surface area contributed by atoms with Crippen molar-refractivity contribution >= 4 is 57.8 Å². The van der Waals surface area contributed by atoms with Crippen LogP contribution in [0.15, 0.2) is 54.7 Å². The van der Waals surface area contributed by atoms with Gasteiger partial charge in [0, 0.05) is 74.4 Å². The number of hydrogen-bond acceptors (Lipinski definition) is 9. The molecule has 2 saturated heterocycles. The number of fused-ring (bicyclic) bond motifs is 1. The van der Waals surface area contributed by atoms with Crippen molar-refractivity contribution in [3.05, 3.63) is 76.6 Å². The third-order valence-corrected chi connectivity index (χ3v) is 10.4. The molecule has 0 bridgehead atoms. The first-order chi connectivity index (χ1) is 25.6. The number of halogens is 1. The van der Waals surface area contributed by atoms with Gasteiger partial charge in [0.1, 0.15) is 11.8 Å². The van der Waals surface area contributed by atoms with Crippen molar-refractivity contribution < 1.29 is 23.9 Å². The normalized spacial score (nSPS) is 19.3. The maximum absolute atomic E-state index is 13.9. The molecule has 2 N–H and O–H groups in total. The summed E-state index contributed by atoms with van der Waals surface area (Å²) < 4.78 is 8.13. The van der Waals surface area contributed by atoms with Crippen LogP contribution in [-0.4, -0.2) is 88.3 Å². The molecule has 4 heterocycles. The number of hydrogen-bond donors (Lipinski definition) is 2. The number of carbonyl (C=O) groups is 4. The smallest absolute Gasteiger partial charge is 0.328 e. The summed E-state index contributed by atoms with van der Waals surface area (Å²) in [6.07, 6.45) is 5.17. The van der Waals surface area contributed by atoms with Crippen molar-refractivity contribution in [1.29, 1.82) is 5.26 Å². The molecule has 0 radical (unpaired) electrons. The lowest BCUT2D eigenvalue weighted by atomic mass is 9.93. The summed E-state index contributed by atoms with van der Waals surface area (Å²) in [4.78, 5) is 56.9. The number of rotatable bonds is 8. The van der Waals surface area contributed by atoms with E-state index >= 15 is 0 Å². The minimum atomic E-state index is -0.497. The number of nitrogens with one attached hydrogen (secondary N) is 2. The van der Waals surface area contributed by atoms with Crippen molar-refractivity contribution in [2.75, 3.05) is 42.5 Å². The van der Waals surface area contributed by atoms with E-state index in [1.807, 2.05) is 29.3 Å². The Labute approximate surface area is 311 Å². The van der Waals surface area contributed by atoms with Gasteiger partial charge in [0.15, 0.2) is 11.5 Å². The maximum Gasteiger partial charge on any atom is 0.328 e. The standard InChI is InChI=1S/C38H40ClN9O5/c1-23(2)47-13-11-29-32(47)19-25(20-33(29)48-14-12-35(49)42-38(48)52)37(51)46-17-15-45(16-18-46)34-10-9-31(43-44-34)36(50)41-26-4-7-27(8-5-26)53-28-6-3-24(22-40)30(39)21-28/h3,6,9-11,13,19-21,23,26-27H,4-5,7-8,12,14-18H2,1-2H3,(H,41,50)(H,42,49,52)/t26-,27-. The molecule has 0 atom stereocenters. The number of urea groups is 1. The molecular weight excluding hydrogens is 698 g/mol. The SMILES string of the molecule is CC(C)n1ccc2c(N3CCC(=O)NC3=O)cc(C(=O)N3CCN(c4ccc(C(=O)N[C@H]5CC[C@H](Oc6ccc(C#N)c(Cl)c6)CC5)nn4)CC3)cc21. The van der Waals surface area contributed by atoms with Crippen LogP contribution in [-0.2, 0) is 4.79 Å². The van der Waals surface area contributed by atoms with E-state index in [1.54, 1.807) is 41.3 Å². The highest BCUT2D eigenvalue weighted by Crippen LogP contribution is 2.33. The Bertz CT molecular complexity index is 2100. The van der Waals surface area contributed by atoms with Crippen molar-refractivity contribution in [2.24, 2.45) is 0 Å². The molecule has 3 fully saturated rings.